The fourth-order valence-corrected chi connectivity index (χ4v) is 8.33. The van der Waals surface area contributed by atoms with E-state index in [1.54, 1.807) is 7.11 Å². The maximum Gasteiger partial charge on any atom is 0.303 e. The average Bonchev–Trinajstić information content (AvgIpc) is 3.37. The van der Waals surface area contributed by atoms with Crippen molar-refractivity contribution in [2.45, 2.75) is 76.2 Å². The number of hydrogen-bond donors (Lipinski definition) is 2. The molecule has 8 heteroatoms. The summed E-state index contributed by atoms with van der Waals surface area (Å²) in [6, 6.07) is 5.81. The number of fused-ring (bicyclic) bond motifs is 1. The fraction of sp³-hybridized carbons (Fsp3) is 0.655. The number of nitrogens with zero attached hydrogens (tertiary/aromatic N) is 2. The molecular formula is C29H41N3O5. The lowest BCUT2D eigenvalue weighted by atomic mass is 9.47. The van der Waals surface area contributed by atoms with Crippen LogP contribution in [0.4, 0.5) is 5.69 Å². The molecule has 2 fully saturated rings. The fourth-order valence-electron chi connectivity index (χ4n) is 8.33. The Bertz CT molecular complexity index is 1120. The van der Waals surface area contributed by atoms with Gasteiger partial charge in [0, 0.05) is 55.6 Å². The van der Waals surface area contributed by atoms with Crippen molar-refractivity contribution in [3.8, 4) is 5.75 Å². The number of nitrogens with one attached hydrogen (secondary N) is 1. The molecule has 1 unspecified atom stereocenters. The molecule has 1 amide bonds. The molecule has 3 aliphatic heterocycles. The second kappa shape index (κ2) is 9.02. The summed E-state index contributed by atoms with van der Waals surface area (Å²) < 4.78 is 11.7. The molecule has 0 bridgehead atoms. The average molecular weight is 512 g/mol. The smallest absolute Gasteiger partial charge is 0.303 e. The number of ether oxygens (including phenoxy) is 2. The molecule has 3 heterocycles. The Morgan fingerprint density at radius 2 is 2.03 bits per heavy atom. The minimum atomic E-state index is -1.54. The Kier molecular flexibility index (Phi) is 6.35. The van der Waals surface area contributed by atoms with Gasteiger partial charge < -0.3 is 24.8 Å². The van der Waals surface area contributed by atoms with Crippen LogP contribution in [0.2, 0.25) is 0 Å². The molecule has 37 heavy (non-hydrogen) atoms. The van der Waals surface area contributed by atoms with Gasteiger partial charge in [-0.25, -0.2) is 0 Å². The number of esters is 1. The lowest BCUT2D eigenvalue weighted by Crippen LogP contribution is -2.81. The van der Waals surface area contributed by atoms with Crippen molar-refractivity contribution in [3.05, 3.63) is 35.9 Å². The summed E-state index contributed by atoms with van der Waals surface area (Å²) >= 11 is 0. The van der Waals surface area contributed by atoms with Crippen molar-refractivity contribution in [3.63, 3.8) is 0 Å². The first-order valence-corrected chi connectivity index (χ1v) is 13.5. The first-order chi connectivity index (χ1) is 17.5. The van der Waals surface area contributed by atoms with E-state index in [1.807, 2.05) is 33.0 Å². The molecule has 5 rings (SSSR count). The van der Waals surface area contributed by atoms with Gasteiger partial charge in [0.05, 0.1) is 19.7 Å². The third-order valence-corrected chi connectivity index (χ3v) is 9.38. The number of anilines is 1. The molecule has 1 aromatic rings. The van der Waals surface area contributed by atoms with E-state index in [2.05, 4.69) is 40.3 Å². The number of hydrogen-bond acceptors (Lipinski definition) is 7. The highest BCUT2D eigenvalue weighted by Gasteiger charge is 2.77. The van der Waals surface area contributed by atoms with Crippen LogP contribution in [0.1, 0.15) is 52.5 Å². The van der Waals surface area contributed by atoms with Crippen molar-refractivity contribution in [1.82, 2.24) is 10.2 Å². The molecule has 1 aliphatic carbocycles. The third kappa shape index (κ3) is 3.55. The predicted octanol–water partition coefficient (Wildman–Crippen LogP) is 2.63. The molecule has 1 saturated carbocycles. The topological polar surface area (TPSA) is 91.3 Å². The maximum absolute atomic E-state index is 12.9. The molecular weight excluding hydrogens is 470 g/mol. The second-order valence-electron chi connectivity index (χ2n) is 11.8. The Morgan fingerprint density at radius 3 is 2.68 bits per heavy atom. The van der Waals surface area contributed by atoms with Crippen LogP contribution in [-0.4, -0.2) is 79.5 Å². The molecule has 4 aliphatic rings. The summed E-state index contributed by atoms with van der Waals surface area (Å²) in [7, 11) is 3.66. The quantitative estimate of drug-likeness (QED) is 0.430. The summed E-state index contributed by atoms with van der Waals surface area (Å²) in [5, 5.41) is 16.0. The van der Waals surface area contributed by atoms with Crippen LogP contribution in [0.3, 0.4) is 0 Å². The highest BCUT2D eigenvalue weighted by atomic mass is 16.6. The van der Waals surface area contributed by atoms with Crippen molar-refractivity contribution >= 4 is 17.6 Å². The Hall–Kier alpha value is -2.58. The van der Waals surface area contributed by atoms with Crippen LogP contribution in [0, 0.1) is 11.3 Å². The highest BCUT2D eigenvalue weighted by molar-refractivity contribution is 5.77. The van der Waals surface area contributed by atoms with Crippen molar-refractivity contribution in [2.24, 2.45) is 11.3 Å². The number of likely N-dealkylation sites (N-methyl/N-ethyl adjacent to an activating group) is 1. The minimum Gasteiger partial charge on any atom is -0.497 e. The standard InChI is InChI=1S/C29H41N3O5/c1-7-27-11-8-13-32-14-12-28(24(27)32)21-10-9-20(36-6)16-22(21)31(5)25(28)29(35,26(27)37-19(4)33)17-30-23(34)15-18(2)3/h8-11,16,18,24-26,35H,7,12-15,17H2,1-6H3,(H,30,34)/t24?,25-,26-,27-,28-,29+/m1/s1. The van der Waals surface area contributed by atoms with Crippen LogP contribution in [0.25, 0.3) is 0 Å². The molecule has 2 N–H and O–H groups in total. The zero-order valence-corrected chi connectivity index (χ0v) is 22.9. The van der Waals surface area contributed by atoms with E-state index in [4.69, 9.17) is 9.47 Å². The van der Waals surface area contributed by atoms with Crippen molar-refractivity contribution in [2.75, 3.05) is 38.7 Å². The van der Waals surface area contributed by atoms with Crippen LogP contribution in [0.15, 0.2) is 30.4 Å². The van der Waals surface area contributed by atoms with Gasteiger partial charge >= 0.3 is 5.97 Å². The van der Waals surface area contributed by atoms with E-state index in [-0.39, 0.29) is 24.4 Å². The van der Waals surface area contributed by atoms with Crippen LogP contribution in [0.5, 0.6) is 5.75 Å². The normalized spacial score (nSPS) is 35.7. The molecule has 6 atom stereocenters. The Balaban J connectivity index is 1.73. The largest absolute Gasteiger partial charge is 0.497 e. The number of rotatable bonds is 7. The van der Waals surface area contributed by atoms with Crippen LogP contribution < -0.4 is 15.0 Å². The van der Waals surface area contributed by atoms with Gasteiger partial charge in [0.1, 0.15) is 17.5 Å². The number of methoxy groups -OCH3 is 1. The van der Waals surface area contributed by atoms with Gasteiger partial charge in [-0.15, -0.1) is 0 Å². The summed E-state index contributed by atoms with van der Waals surface area (Å²) in [5.74, 6) is 0.407. The van der Waals surface area contributed by atoms with Gasteiger partial charge in [0.2, 0.25) is 5.91 Å². The summed E-state index contributed by atoms with van der Waals surface area (Å²) in [6.45, 7) is 9.22. The van der Waals surface area contributed by atoms with E-state index in [9.17, 15) is 14.7 Å². The van der Waals surface area contributed by atoms with E-state index in [0.29, 0.717) is 12.8 Å². The SMILES string of the molecule is CC[C@]12C=CCN3CC[C@@]4(c5ccc(OC)cc5N(C)[C@H]4[C@@](O)(CNC(=O)CC(C)C)[C@@H]1OC(C)=O)C32. The van der Waals surface area contributed by atoms with Gasteiger partial charge in [0.25, 0.3) is 0 Å². The Morgan fingerprint density at radius 1 is 1.27 bits per heavy atom. The Labute approximate surface area is 220 Å². The zero-order chi connectivity index (χ0) is 26.8. The van der Waals surface area contributed by atoms with Crippen LogP contribution in [-0.2, 0) is 19.7 Å². The summed E-state index contributed by atoms with van der Waals surface area (Å²) in [4.78, 5) is 30.1. The molecule has 1 saturated heterocycles. The zero-order valence-electron chi connectivity index (χ0n) is 22.9. The number of aliphatic hydroxyl groups is 1. The number of benzene rings is 1. The third-order valence-electron chi connectivity index (χ3n) is 9.38. The first-order valence-electron chi connectivity index (χ1n) is 13.5. The minimum absolute atomic E-state index is 0.000685. The van der Waals surface area contributed by atoms with E-state index in [1.165, 1.54) is 12.5 Å². The molecule has 0 radical (unpaired) electrons. The lowest BCUT2D eigenvalue weighted by Gasteiger charge is -2.64. The monoisotopic (exact) mass is 511 g/mol. The van der Waals surface area contributed by atoms with Crippen molar-refractivity contribution < 1.29 is 24.2 Å². The molecule has 202 valence electrons. The molecule has 0 aromatic heterocycles. The van der Waals surface area contributed by atoms with Crippen molar-refractivity contribution in [1.29, 1.82) is 0 Å². The molecule has 8 nitrogen and oxygen atoms in total. The van der Waals surface area contributed by atoms with Crippen LogP contribution >= 0.6 is 0 Å². The van der Waals surface area contributed by atoms with E-state index in [0.717, 1.165) is 30.9 Å². The molecule has 1 spiro atoms. The number of carbonyl (C=O) groups excluding carboxylic acids is 2. The van der Waals surface area contributed by atoms with Gasteiger partial charge in [-0.2, -0.15) is 0 Å². The van der Waals surface area contributed by atoms with Gasteiger partial charge in [-0.1, -0.05) is 39.0 Å². The lowest BCUT2D eigenvalue weighted by molar-refractivity contribution is -0.217. The summed E-state index contributed by atoms with van der Waals surface area (Å²) in [6.07, 6.45) is 5.43. The molecule has 1 aromatic carbocycles. The maximum atomic E-state index is 12.9. The van der Waals surface area contributed by atoms with Gasteiger partial charge in [-0.05, 0) is 36.9 Å². The van der Waals surface area contributed by atoms with Gasteiger partial charge in [0.15, 0.2) is 0 Å². The summed E-state index contributed by atoms with van der Waals surface area (Å²) in [5.41, 5.74) is -0.359. The number of amides is 1. The first kappa shape index (κ1) is 26.0. The van der Waals surface area contributed by atoms with E-state index >= 15 is 0 Å². The predicted molar refractivity (Wildman–Crippen MR) is 142 cm³/mol. The van der Waals surface area contributed by atoms with Gasteiger partial charge in [-0.3, -0.25) is 14.5 Å². The van der Waals surface area contributed by atoms with E-state index < -0.39 is 34.5 Å². The number of carbonyl (C=O) groups is 2. The second-order valence-corrected chi connectivity index (χ2v) is 11.8. The highest BCUT2D eigenvalue weighted by Crippen LogP contribution is 2.67.